The number of oxazole rings is 1. The maximum atomic E-state index is 12.2. The molecule has 4 aromatic rings. The van der Waals surface area contributed by atoms with E-state index in [1.165, 1.54) is 6.92 Å². The molecule has 0 aliphatic carbocycles. The number of carboxylic acid groups (broad SMARTS) is 1. The van der Waals surface area contributed by atoms with Gasteiger partial charge in [0, 0.05) is 16.7 Å². The smallest absolute Gasteiger partial charge is 0.400 e. The van der Waals surface area contributed by atoms with Gasteiger partial charge in [-0.25, -0.2) is 4.79 Å². The molecular weight excluding hydrogens is 502 g/mol. The van der Waals surface area contributed by atoms with Crippen molar-refractivity contribution in [2.45, 2.75) is 25.9 Å². The zero-order chi connectivity index (χ0) is 26.4. The topological polar surface area (TPSA) is 117 Å². The van der Waals surface area contributed by atoms with Crippen LogP contribution in [-0.2, 0) is 19.9 Å². The van der Waals surface area contributed by atoms with Crippen LogP contribution in [0.3, 0.4) is 0 Å². The predicted molar refractivity (Wildman–Crippen MR) is 134 cm³/mol. The van der Waals surface area contributed by atoms with Crippen LogP contribution in [0.4, 0.5) is 0 Å². The molecule has 3 aromatic carbocycles. The molecule has 37 heavy (non-hydrogen) atoms. The molecule has 192 valence electrons. The molecule has 0 spiro atoms. The molecule has 1 N–H and O–H groups in total. The monoisotopic (exact) mass is 525 g/mol. The number of carbonyl (C=O) groups excluding carboxylic acids is 1. The first kappa shape index (κ1) is 25.8. The van der Waals surface area contributed by atoms with Crippen molar-refractivity contribution >= 4 is 34.6 Å². The summed E-state index contributed by atoms with van der Waals surface area (Å²) < 4.78 is 27.5. The Morgan fingerprint density at radius 2 is 1.68 bits per heavy atom. The Balaban J connectivity index is 1.41. The molecule has 4 rings (SSSR count). The fraction of sp³-hybridized carbons (Fsp3) is 0.222. The van der Waals surface area contributed by atoms with Crippen LogP contribution in [0.2, 0.25) is 5.02 Å². The van der Waals surface area contributed by atoms with E-state index < -0.39 is 11.6 Å². The summed E-state index contributed by atoms with van der Waals surface area (Å²) in [6, 6.07) is 17.9. The van der Waals surface area contributed by atoms with Gasteiger partial charge in [0.25, 0.3) is 0 Å². The summed E-state index contributed by atoms with van der Waals surface area (Å²) in [4.78, 5) is 27.8. The molecule has 1 atom stereocenters. The Morgan fingerprint density at radius 1 is 1.00 bits per heavy atom. The number of carboxylic acids is 1. The van der Waals surface area contributed by atoms with Crippen molar-refractivity contribution in [1.82, 2.24) is 4.98 Å². The molecule has 1 unspecified atom stereocenters. The van der Waals surface area contributed by atoms with E-state index in [1.807, 2.05) is 0 Å². The summed E-state index contributed by atoms with van der Waals surface area (Å²) in [7, 11) is 0. The van der Waals surface area contributed by atoms with Crippen LogP contribution in [0.25, 0.3) is 11.1 Å². The van der Waals surface area contributed by atoms with E-state index in [2.05, 4.69) is 4.98 Å². The first-order chi connectivity index (χ1) is 17.8. The van der Waals surface area contributed by atoms with Crippen LogP contribution in [0.1, 0.15) is 25.8 Å². The molecule has 0 fully saturated rings. The Kier molecular flexibility index (Phi) is 7.83. The maximum absolute atomic E-state index is 12.2. The second kappa shape index (κ2) is 11.2. The Labute approximate surface area is 217 Å². The standard InChI is InChI=1S/C27H24ClNO8/c1-3-33-24(30)14-15-34-19-7-4-17(5-8-19)27(2,25(31)32)37-21-11-9-20(10-12-21)35-26-29-22-13-6-18(28)16-23(22)36-26/h4-13,16H,3,14-15H2,1-2H3,(H,31,32). The molecule has 0 saturated heterocycles. The minimum atomic E-state index is -1.68. The molecule has 0 aliphatic heterocycles. The van der Waals surface area contributed by atoms with E-state index in [9.17, 15) is 14.7 Å². The third-order valence-corrected chi connectivity index (χ3v) is 5.61. The molecule has 0 aliphatic rings. The summed E-state index contributed by atoms with van der Waals surface area (Å²) in [6.45, 7) is 3.65. The molecule has 1 aromatic heterocycles. The van der Waals surface area contributed by atoms with Crippen molar-refractivity contribution in [2.75, 3.05) is 13.2 Å². The van der Waals surface area contributed by atoms with Crippen molar-refractivity contribution in [3.05, 3.63) is 77.3 Å². The molecule has 0 saturated carbocycles. The van der Waals surface area contributed by atoms with Crippen LogP contribution < -0.4 is 14.2 Å². The molecule has 0 radical (unpaired) electrons. The van der Waals surface area contributed by atoms with Gasteiger partial charge in [0.05, 0.1) is 19.6 Å². The molecule has 1 heterocycles. The number of benzene rings is 3. The van der Waals surface area contributed by atoms with E-state index in [0.717, 1.165) is 0 Å². The van der Waals surface area contributed by atoms with Gasteiger partial charge in [0.2, 0.25) is 5.60 Å². The van der Waals surface area contributed by atoms with Crippen molar-refractivity contribution in [3.8, 4) is 23.3 Å². The number of ether oxygens (including phenoxy) is 4. The minimum absolute atomic E-state index is 0.0471. The number of nitrogens with zero attached hydrogens (tertiary/aromatic N) is 1. The summed E-state index contributed by atoms with van der Waals surface area (Å²) in [5.41, 5.74) is -0.170. The lowest BCUT2D eigenvalue weighted by Gasteiger charge is -2.27. The average Bonchev–Trinajstić information content (AvgIpc) is 3.27. The third kappa shape index (κ3) is 6.31. The van der Waals surface area contributed by atoms with Gasteiger partial charge >= 0.3 is 18.0 Å². The Hall–Kier alpha value is -4.24. The number of halogens is 1. The van der Waals surface area contributed by atoms with Gasteiger partial charge in [-0.1, -0.05) is 23.7 Å². The van der Waals surface area contributed by atoms with Gasteiger partial charge in [-0.3, -0.25) is 4.79 Å². The molecule has 0 amide bonds. The van der Waals surface area contributed by atoms with Gasteiger partial charge in [-0.2, -0.15) is 4.98 Å². The zero-order valence-corrected chi connectivity index (χ0v) is 20.9. The first-order valence-electron chi connectivity index (χ1n) is 11.4. The van der Waals surface area contributed by atoms with Crippen molar-refractivity contribution in [2.24, 2.45) is 0 Å². The summed E-state index contributed by atoms with van der Waals surface area (Å²) >= 11 is 5.97. The molecular formula is C27H24ClNO8. The van der Waals surface area contributed by atoms with Crippen molar-refractivity contribution in [3.63, 3.8) is 0 Å². The van der Waals surface area contributed by atoms with Crippen LogP contribution in [-0.4, -0.2) is 35.2 Å². The normalized spacial score (nSPS) is 12.5. The SMILES string of the molecule is CCOC(=O)CCOc1ccc(C(C)(Oc2ccc(Oc3nc4ccc(Cl)cc4o3)cc2)C(=O)O)cc1. The van der Waals surface area contributed by atoms with E-state index in [0.29, 0.717) is 45.5 Å². The number of esters is 1. The Morgan fingerprint density at radius 3 is 2.35 bits per heavy atom. The maximum Gasteiger partial charge on any atom is 0.400 e. The van der Waals surface area contributed by atoms with Gasteiger partial charge in [0.15, 0.2) is 5.58 Å². The average molecular weight is 526 g/mol. The number of hydrogen-bond donors (Lipinski definition) is 1. The summed E-state index contributed by atoms with van der Waals surface area (Å²) in [6.07, 6.45) is 0.164. The van der Waals surface area contributed by atoms with E-state index in [4.69, 9.17) is 35.0 Å². The summed E-state index contributed by atoms with van der Waals surface area (Å²) in [5, 5.41) is 10.5. The number of fused-ring (bicyclic) bond motifs is 1. The molecule has 0 bridgehead atoms. The highest BCUT2D eigenvalue weighted by Crippen LogP contribution is 2.32. The highest BCUT2D eigenvalue weighted by atomic mass is 35.5. The zero-order valence-electron chi connectivity index (χ0n) is 20.1. The lowest BCUT2D eigenvalue weighted by Crippen LogP contribution is -2.38. The second-order valence-corrected chi connectivity index (χ2v) is 8.47. The highest BCUT2D eigenvalue weighted by Gasteiger charge is 2.38. The summed E-state index contributed by atoms with van der Waals surface area (Å²) in [5.74, 6) is -0.290. The van der Waals surface area contributed by atoms with Crippen LogP contribution in [0.5, 0.6) is 23.3 Å². The second-order valence-electron chi connectivity index (χ2n) is 8.03. The fourth-order valence-electron chi connectivity index (χ4n) is 3.41. The van der Waals surface area contributed by atoms with E-state index >= 15 is 0 Å². The van der Waals surface area contributed by atoms with Crippen LogP contribution in [0, 0.1) is 0 Å². The van der Waals surface area contributed by atoms with Gasteiger partial charge in [-0.05, 0) is 62.4 Å². The van der Waals surface area contributed by atoms with Crippen molar-refractivity contribution in [1.29, 1.82) is 0 Å². The number of aliphatic carboxylic acids is 1. The highest BCUT2D eigenvalue weighted by molar-refractivity contribution is 6.31. The predicted octanol–water partition coefficient (Wildman–Crippen LogP) is 5.98. The van der Waals surface area contributed by atoms with Gasteiger partial charge in [0.1, 0.15) is 22.8 Å². The van der Waals surface area contributed by atoms with E-state index in [1.54, 1.807) is 73.7 Å². The number of rotatable bonds is 11. The van der Waals surface area contributed by atoms with Gasteiger partial charge in [-0.15, -0.1) is 0 Å². The number of aromatic nitrogens is 1. The Bertz CT molecular complexity index is 1380. The van der Waals surface area contributed by atoms with Crippen LogP contribution in [0.15, 0.2) is 71.1 Å². The number of carbonyl (C=O) groups is 2. The van der Waals surface area contributed by atoms with E-state index in [-0.39, 0.29) is 25.1 Å². The largest absolute Gasteiger partial charge is 0.493 e. The first-order valence-corrected chi connectivity index (χ1v) is 11.8. The lowest BCUT2D eigenvalue weighted by atomic mass is 9.95. The number of hydrogen-bond acceptors (Lipinski definition) is 8. The van der Waals surface area contributed by atoms with Crippen molar-refractivity contribution < 1.29 is 38.1 Å². The molecule has 9 nitrogen and oxygen atoms in total. The quantitative estimate of drug-likeness (QED) is 0.236. The molecule has 10 heteroatoms. The fourth-order valence-corrected chi connectivity index (χ4v) is 3.58. The lowest BCUT2D eigenvalue weighted by molar-refractivity contribution is -0.154. The minimum Gasteiger partial charge on any atom is -0.493 e. The third-order valence-electron chi connectivity index (χ3n) is 5.38. The van der Waals surface area contributed by atoms with Crippen LogP contribution >= 0.6 is 11.6 Å². The van der Waals surface area contributed by atoms with Gasteiger partial charge < -0.3 is 28.5 Å².